The summed E-state index contributed by atoms with van der Waals surface area (Å²) in [6, 6.07) is 6.65. The highest BCUT2D eigenvalue weighted by Crippen LogP contribution is 2.42. The van der Waals surface area contributed by atoms with Crippen LogP contribution in [0.5, 0.6) is 0 Å². The maximum atomic E-state index is 13.2. The summed E-state index contributed by atoms with van der Waals surface area (Å²) in [7, 11) is 3.80. The van der Waals surface area contributed by atoms with E-state index in [4.69, 9.17) is 0 Å². The molecule has 0 radical (unpaired) electrons. The number of carbonyl (C=O) groups excluding carboxylic acids is 1. The molecule has 28 heavy (non-hydrogen) atoms. The van der Waals surface area contributed by atoms with E-state index in [0.717, 1.165) is 5.69 Å². The van der Waals surface area contributed by atoms with Crippen molar-refractivity contribution in [2.45, 2.75) is 32.0 Å². The van der Waals surface area contributed by atoms with Gasteiger partial charge in [-0.15, -0.1) is 5.10 Å². The average Bonchev–Trinajstić information content (AvgIpc) is 3.03. The number of carbonyl (C=O) groups is 1. The van der Waals surface area contributed by atoms with Crippen molar-refractivity contribution in [2.24, 2.45) is 5.92 Å². The average molecular weight is 391 g/mol. The SMILES string of the molecule is C[C@H]1CC(=O)C2=C(C1)Nc1nc(C(F)(F)F)nn1[C@H]2c1ccc(N(C)C)cc1. The van der Waals surface area contributed by atoms with Gasteiger partial charge in [0.05, 0.1) is 0 Å². The van der Waals surface area contributed by atoms with Crippen LogP contribution in [0.25, 0.3) is 0 Å². The van der Waals surface area contributed by atoms with Crippen molar-refractivity contribution in [3.63, 3.8) is 0 Å². The van der Waals surface area contributed by atoms with Gasteiger partial charge >= 0.3 is 6.18 Å². The van der Waals surface area contributed by atoms with E-state index in [0.29, 0.717) is 29.7 Å². The number of anilines is 2. The molecule has 1 N–H and O–H groups in total. The van der Waals surface area contributed by atoms with E-state index in [-0.39, 0.29) is 17.6 Å². The Balaban J connectivity index is 1.87. The molecule has 2 aromatic rings. The number of alkyl halides is 3. The monoisotopic (exact) mass is 391 g/mol. The second-order valence-electron chi connectivity index (χ2n) is 7.54. The standard InChI is InChI=1S/C19H20F3N5O/c1-10-8-13-15(14(28)9-10)16(11-4-6-12(7-5-11)26(2)3)27-18(23-13)24-17(25-27)19(20,21)22/h4-7,10,16H,8-9H2,1-3H3,(H,23,24,25)/t10-,16+/m1/s1. The number of hydrogen-bond donors (Lipinski definition) is 1. The first kappa shape index (κ1) is 18.5. The Labute approximate surface area is 160 Å². The minimum absolute atomic E-state index is 0.00895. The van der Waals surface area contributed by atoms with Gasteiger partial charge in [0.15, 0.2) is 5.78 Å². The minimum Gasteiger partial charge on any atom is -0.378 e. The first-order valence-corrected chi connectivity index (χ1v) is 8.99. The maximum Gasteiger partial charge on any atom is 0.453 e. The van der Waals surface area contributed by atoms with E-state index in [1.165, 1.54) is 4.68 Å². The molecule has 0 spiro atoms. The molecule has 4 rings (SSSR count). The predicted octanol–water partition coefficient (Wildman–Crippen LogP) is 3.63. The van der Waals surface area contributed by atoms with Crippen molar-refractivity contribution < 1.29 is 18.0 Å². The molecule has 9 heteroatoms. The lowest BCUT2D eigenvalue weighted by molar-refractivity contribution is -0.145. The number of ketones is 1. The van der Waals surface area contributed by atoms with Crippen LogP contribution in [-0.4, -0.2) is 34.6 Å². The van der Waals surface area contributed by atoms with E-state index in [2.05, 4.69) is 15.4 Å². The first-order chi connectivity index (χ1) is 13.1. The highest BCUT2D eigenvalue weighted by Gasteiger charge is 2.42. The van der Waals surface area contributed by atoms with Gasteiger partial charge < -0.3 is 10.2 Å². The minimum atomic E-state index is -4.66. The summed E-state index contributed by atoms with van der Waals surface area (Å²) >= 11 is 0. The smallest absolute Gasteiger partial charge is 0.378 e. The molecule has 2 heterocycles. The number of nitrogens with one attached hydrogen (secondary N) is 1. The zero-order valence-corrected chi connectivity index (χ0v) is 15.7. The number of fused-ring (bicyclic) bond motifs is 1. The molecule has 1 aromatic carbocycles. The largest absolute Gasteiger partial charge is 0.453 e. The van der Waals surface area contributed by atoms with Gasteiger partial charge in [0.2, 0.25) is 5.95 Å². The summed E-state index contributed by atoms with van der Waals surface area (Å²) in [4.78, 5) is 18.4. The number of halogens is 3. The van der Waals surface area contributed by atoms with E-state index in [9.17, 15) is 18.0 Å². The van der Waals surface area contributed by atoms with Crippen molar-refractivity contribution >= 4 is 17.4 Å². The predicted molar refractivity (Wildman–Crippen MR) is 98.0 cm³/mol. The molecule has 2 aliphatic rings. The van der Waals surface area contributed by atoms with Crippen molar-refractivity contribution in [1.82, 2.24) is 14.8 Å². The second kappa shape index (κ2) is 6.35. The Morgan fingerprint density at radius 2 is 1.86 bits per heavy atom. The molecule has 0 fully saturated rings. The molecule has 0 unspecified atom stereocenters. The van der Waals surface area contributed by atoms with Gasteiger partial charge in [0, 0.05) is 37.5 Å². The molecular weight excluding hydrogens is 371 g/mol. The summed E-state index contributed by atoms with van der Waals surface area (Å²) in [5.41, 5.74) is 2.76. The molecule has 0 saturated heterocycles. The third-order valence-corrected chi connectivity index (χ3v) is 5.10. The molecule has 6 nitrogen and oxygen atoms in total. The van der Waals surface area contributed by atoms with Crippen molar-refractivity contribution in [1.29, 1.82) is 0 Å². The molecule has 1 aromatic heterocycles. The van der Waals surface area contributed by atoms with Gasteiger partial charge in [0.25, 0.3) is 5.82 Å². The number of nitrogens with zero attached hydrogens (tertiary/aromatic N) is 4. The van der Waals surface area contributed by atoms with Gasteiger partial charge in [0.1, 0.15) is 6.04 Å². The summed E-state index contributed by atoms with van der Waals surface area (Å²) in [6.45, 7) is 1.95. The lowest BCUT2D eigenvalue weighted by Crippen LogP contribution is -2.33. The fraction of sp³-hybridized carbons (Fsp3) is 0.421. The maximum absolute atomic E-state index is 13.2. The molecule has 0 bridgehead atoms. The van der Waals surface area contributed by atoms with Crippen LogP contribution in [0.1, 0.15) is 37.2 Å². The molecule has 0 saturated carbocycles. The molecule has 1 aliphatic heterocycles. The van der Waals surface area contributed by atoms with Crippen LogP contribution in [0.4, 0.5) is 24.8 Å². The topological polar surface area (TPSA) is 63.1 Å². The number of Topliss-reactive ketones (excluding diaryl/α,β-unsaturated/α-hetero) is 1. The van der Waals surface area contributed by atoms with Crippen LogP contribution in [0, 0.1) is 5.92 Å². The summed E-state index contributed by atoms with van der Waals surface area (Å²) in [6.07, 6.45) is -3.71. The quantitative estimate of drug-likeness (QED) is 0.847. The Kier molecular flexibility index (Phi) is 4.20. The molecular formula is C19H20F3N5O. The molecule has 148 valence electrons. The van der Waals surface area contributed by atoms with Crippen LogP contribution < -0.4 is 10.2 Å². The third kappa shape index (κ3) is 3.04. The number of rotatable bonds is 2. The van der Waals surface area contributed by atoms with Crippen LogP contribution >= 0.6 is 0 Å². The summed E-state index contributed by atoms with van der Waals surface area (Å²) in [5, 5.41) is 6.62. The second-order valence-corrected chi connectivity index (χ2v) is 7.54. The fourth-order valence-corrected chi connectivity index (χ4v) is 3.79. The van der Waals surface area contributed by atoms with Crippen molar-refractivity contribution in [3.05, 3.63) is 46.9 Å². The molecule has 0 amide bonds. The number of allylic oxidation sites excluding steroid dienone is 2. The Morgan fingerprint density at radius 3 is 2.46 bits per heavy atom. The van der Waals surface area contributed by atoms with Crippen LogP contribution in [0.3, 0.4) is 0 Å². The Hall–Kier alpha value is -2.84. The zero-order valence-electron chi connectivity index (χ0n) is 15.7. The highest BCUT2D eigenvalue weighted by atomic mass is 19.4. The van der Waals surface area contributed by atoms with E-state index in [1.807, 2.05) is 50.2 Å². The van der Waals surface area contributed by atoms with E-state index >= 15 is 0 Å². The van der Waals surface area contributed by atoms with Crippen LogP contribution in [0.2, 0.25) is 0 Å². The lowest BCUT2D eigenvalue weighted by Gasteiger charge is -2.34. The first-order valence-electron chi connectivity index (χ1n) is 8.99. The molecule has 2 atom stereocenters. The van der Waals surface area contributed by atoms with Crippen molar-refractivity contribution in [3.8, 4) is 0 Å². The third-order valence-electron chi connectivity index (χ3n) is 5.10. The van der Waals surface area contributed by atoms with Crippen LogP contribution in [0.15, 0.2) is 35.5 Å². The number of hydrogen-bond acceptors (Lipinski definition) is 5. The van der Waals surface area contributed by atoms with Gasteiger partial charge in [-0.1, -0.05) is 19.1 Å². The Bertz CT molecular complexity index is 959. The normalized spacial score (nSPS) is 21.9. The summed E-state index contributed by atoms with van der Waals surface area (Å²) < 4.78 is 40.8. The van der Waals surface area contributed by atoms with Gasteiger partial charge in [-0.25, -0.2) is 4.68 Å². The highest BCUT2D eigenvalue weighted by molar-refractivity contribution is 5.99. The molecule has 1 aliphatic carbocycles. The number of benzene rings is 1. The number of aromatic nitrogens is 3. The summed E-state index contributed by atoms with van der Waals surface area (Å²) in [5.74, 6) is -1.16. The van der Waals surface area contributed by atoms with Gasteiger partial charge in [-0.05, 0) is 30.0 Å². The van der Waals surface area contributed by atoms with E-state index in [1.54, 1.807) is 0 Å². The van der Waals surface area contributed by atoms with Crippen molar-refractivity contribution in [2.75, 3.05) is 24.3 Å². The van der Waals surface area contributed by atoms with Gasteiger partial charge in [-0.2, -0.15) is 18.2 Å². The Morgan fingerprint density at radius 1 is 1.18 bits per heavy atom. The van der Waals surface area contributed by atoms with Crippen LogP contribution in [-0.2, 0) is 11.0 Å². The van der Waals surface area contributed by atoms with Gasteiger partial charge in [-0.3, -0.25) is 4.79 Å². The fourth-order valence-electron chi connectivity index (χ4n) is 3.79. The zero-order chi connectivity index (χ0) is 20.2. The lowest BCUT2D eigenvalue weighted by atomic mass is 9.81. The van der Waals surface area contributed by atoms with E-state index < -0.39 is 18.0 Å².